The largest absolute Gasteiger partial charge is 0.276 e. The lowest BCUT2D eigenvalue weighted by molar-refractivity contribution is 0.108. The van der Waals surface area contributed by atoms with Gasteiger partial charge in [-0.3, -0.25) is 4.79 Å². The minimum absolute atomic E-state index is 0.341. The number of carbonyl (C=O) groups excluding carboxylic acids is 1. The van der Waals surface area contributed by atoms with Gasteiger partial charge in [0.25, 0.3) is 5.24 Å². The van der Waals surface area contributed by atoms with Gasteiger partial charge in [0, 0.05) is 5.56 Å². The third-order valence-electron chi connectivity index (χ3n) is 4.42. The minimum Gasteiger partial charge on any atom is -0.276 e. The number of hydrogen-bond acceptors (Lipinski definition) is 1. The first-order chi connectivity index (χ1) is 9.70. The zero-order valence-corrected chi connectivity index (χ0v) is 13.2. The van der Waals surface area contributed by atoms with Crippen LogP contribution >= 0.6 is 11.6 Å². The molecule has 2 rings (SSSR count). The van der Waals surface area contributed by atoms with Crippen molar-refractivity contribution in [2.45, 2.75) is 64.7 Å². The molecule has 1 aliphatic carbocycles. The maximum atomic E-state index is 11.2. The highest BCUT2D eigenvalue weighted by Gasteiger charge is 2.21. The lowest BCUT2D eigenvalue weighted by Gasteiger charge is -2.08. The first-order valence-electron chi connectivity index (χ1n) is 8.02. The summed E-state index contributed by atoms with van der Waals surface area (Å²) in [6.45, 7) is 2.26. The van der Waals surface area contributed by atoms with Gasteiger partial charge in [-0.25, -0.2) is 0 Å². The fourth-order valence-corrected chi connectivity index (χ4v) is 3.37. The van der Waals surface area contributed by atoms with E-state index in [2.05, 4.69) is 13.0 Å². The molecule has 0 N–H and O–H groups in total. The van der Waals surface area contributed by atoms with Crippen molar-refractivity contribution >= 4 is 16.8 Å². The van der Waals surface area contributed by atoms with Crippen LogP contribution in [0, 0.1) is 5.92 Å². The van der Waals surface area contributed by atoms with Crippen LogP contribution in [0.3, 0.4) is 0 Å². The molecule has 0 aliphatic heterocycles. The third kappa shape index (κ3) is 4.34. The molecule has 0 heterocycles. The summed E-state index contributed by atoms with van der Waals surface area (Å²) < 4.78 is 0. The molecule has 0 radical (unpaired) electrons. The van der Waals surface area contributed by atoms with Crippen LogP contribution in [0.4, 0.5) is 0 Å². The predicted molar refractivity (Wildman–Crippen MR) is 85.5 cm³/mol. The van der Waals surface area contributed by atoms with Crippen molar-refractivity contribution in [3.63, 3.8) is 0 Å². The Morgan fingerprint density at radius 3 is 2.55 bits per heavy atom. The standard InChI is InChI=1S/C18H25ClO/c1-2-3-4-5-6-7-8-14-11-15-9-10-16(18(19)20)13-17(15)12-14/h9-10,13-14H,2-8,11-12H2,1H3. The van der Waals surface area contributed by atoms with Crippen LogP contribution in [0.1, 0.15) is 73.4 Å². The van der Waals surface area contributed by atoms with Gasteiger partial charge < -0.3 is 0 Å². The van der Waals surface area contributed by atoms with Crippen molar-refractivity contribution in [1.29, 1.82) is 0 Å². The molecule has 1 aromatic carbocycles. The van der Waals surface area contributed by atoms with Gasteiger partial charge >= 0.3 is 0 Å². The highest BCUT2D eigenvalue weighted by Crippen LogP contribution is 2.31. The second kappa shape index (κ2) is 7.83. The smallest absolute Gasteiger partial charge is 0.252 e. The molecular weight excluding hydrogens is 268 g/mol. The number of fused-ring (bicyclic) bond motifs is 1. The van der Waals surface area contributed by atoms with Gasteiger partial charge in [-0.1, -0.05) is 51.5 Å². The highest BCUT2D eigenvalue weighted by atomic mass is 35.5. The monoisotopic (exact) mass is 292 g/mol. The van der Waals surface area contributed by atoms with Crippen molar-refractivity contribution < 1.29 is 4.79 Å². The van der Waals surface area contributed by atoms with Crippen LogP contribution in [0.15, 0.2) is 18.2 Å². The summed E-state index contributed by atoms with van der Waals surface area (Å²) in [6.07, 6.45) is 11.8. The van der Waals surface area contributed by atoms with Crippen LogP contribution < -0.4 is 0 Å². The Labute approximate surface area is 127 Å². The number of halogens is 1. The molecule has 0 bridgehead atoms. The first-order valence-corrected chi connectivity index (χ1v) is 8.40. The molecule has 1 aromatic rings. The van der Waals surface area contributed by atoms with Crippen LogP contribution in [0.25, 0.3) is 0 Å². The Kier molecular flexibility index (Phi) is 6.09. The van der Waals surface area contributed by atoms with Crippen molar-refractivity contribution in [1.82, 2.24) is 0 Å². The molecule has 110 valence electrons. The number of unbranched alkanes of at least 4 members (excludes halogenated alkanes) is 5. The molecule has 1 unspecified atom stereocenters. The van der Waals surface area contributed by atoms with E-state index in [9.17, 15) is 4.79 Å². The normalized spacial score (nSPS) is 17.2. The quantitative estimate of drug-likeness (QED) is 0.455. The van der Waals surface area contributed by atoms with E-state index < -0.39 is 0 Å². The summed E-state index contributed by atoms with van der Waals surface area (Å²) in [5, 5.41) is -0.341. The van der Waals surface area contributed by atoms with Crippen molar-refractivity contribution in [3.05, 3.63) is 34.9 Å². The average Bonchev–Trinajstić information content (AvgIpc) is 2.84. The first kappa shape index (κ1) is 15.6. The van der Waals surface area contributed by atoms with Crippen molar-refractivity contribution in [2.75, 3.05) is 0 Å². The Bertz CT molecular complexity index is 453. The van der Waals surface area contributed by atoms with Gasteiger partial charge in [0.05, 0.1) is 0 Å². The molecule has 20 heavy (non-hydrogen) atoms. The van der Waals surface area contributed by atoms with E-state index in [1.54, 1.807) is 0 Å². The number of carbonyl (C=O) groups is 1. The number of hydrogen-bond donors (Lipinski definition) is 0. The SMILES string of the molecule is CCCCCCCCC1Cc2ccc(C(=O)Cl)cc2C1. The van der Waals surface area contributed by atoms with E-state index in [4.69, 9.17) is 11.6 Å². The fourth-order valence-electron chi connectivity index (χ4n) is 3.25. The van der Waals surface area contributed by atoms with Gasteiger partial charge in [0.2, 0.25) is 0 Å². The van der Waals surface area contributed by atoms with E-state index in [1.807, 2.05) is 12.1 Å². The molecular formula is C18H25ClO. The fraction of sp³-hybridized carbons (Fsp3) is 0.611. The maximum absolute atomic E-state index is 11.2. The van der Waals surface area contributed by atoms with Crippen molar-refractivity contribution in [3.8, 4) is 0 Å². The molecule has 2 heteroatoms. The molecule has 0 saturated heterocycles. The number of rotatable bonds is 8. The van der Waals surface area contributed by atoms with Crippen LogP contribution in [-0.2, 0) is 12.8 Å². The van der Waals surface area contributed by atoms with Crippen LogP contribution in [-0.4, -0.2) is 5.24 Å². The number of benzene rings is 1. The summed E-state index contributed by atoms with van der Waals surface area (Å²) in [6, 6.07) is 5.94. The van der Waals surface area contributed by atoms with Gasteiger partial charge in [0.1, 0.15) is 0 Å². The Morgan fingerprint density at radius 1 is 1.10 bits per heavy atom. The van der Waals surface area contributed by atoms with Crippen LogP contribution in [0.5, 0.6) is 0 Å². The average molecular weight is 293 g/mol. The van der Waals surface area contributed by atoms with E-state index in [0.717, 1.165) is 12.3 Å². The van der Waals surface area contributed by atoms with E-state index in [-0.39, 0.29) is 5.24 Å². The summed E-state index contributed by atoms with van der Waals surface area (Å²) in [7, 11) is 0. The second-order valence-corrected chi connectivity index (χ2v) is 6.43. The Hall–Kier alpha value is -0.820. The van der Waals surface area contributed by atoms with Gasteiger partial charge in [-0.2, -0.15) is 0 Å². The lowest BCUT2D eigenvalue weighted by atomic mass is 9.97. The minimum atomic E-state index is -0.341. The van der Waals surface area contributed by atoms with Crippen LogP contribution in [0.2, 0.25) is 0 Å². The van der Waals surface area contributed by atoms with E-state index in [0.29, 0.717) is 5.56 Å². The Balaban J connectivity index is 1.74. The Morgan fingerprint density at radius 2 is 1.80 bits per heavy atom. The van der Waals surface area contributed by atoms with E-state index >= 15 is 0 Å². The maximum Gasteiger partial charge on any atom is 0.252 e. The highest BCUT2D eigenvalue weighted by molar-refractivity contribution is 6.67. The summed E-state index contributed by atoms with van der Waals surface area (Å²) in [4.78, 5) is 11.2. The zero-order valence-electron chi connectivity index (χ0n) is 12.5. The van der Waals surface area contributed by atoms with Gasteiger partial charge in [0.15, 0.2) is 0 Å². The third-order valence-corrected chi connectivity index (χ3v) is 4.63. The molecule has 1 nitrogen and oxygen atoms in total. The van der Waals surface area contributed by atoms with E-state index in [1.165, 1.54) is 62.5 Å². The zero-order chi connectivity index (χ0) is 14.4. The second-order valence-electron chi connectivity index (χ2n) is 6.09. The summed E-state index contributed by atoms with van der Waals surface area (Å²) in [5.74, 6) is 0.775. The lowest BCUT2D eigenvalue weighted by Crippen LogP contribution is -1.99. The molecule has 1 aliphatic rings. The van der Waals surface area contributed by atoms with Gasteiger partial charge in [-0.15, -0.1) is 0 Å². The topological polar surface area (TPSA) is 17.1 Å². The molecule has 0 spiro atoms. The summed E-state index contributed by atoms with van der Waals surface area (Å²) >= 11 is 5.55. The van der Waals surface area contributed by atoms with Crippen molar-refractivity contribution in [2.24, 2.45) is 5.92 Å². The summed E-state index contributed by atoms with van der Waals surface area (Å²) in [5.41, 5.74) is 3.40. The molecule has 0 saturated carbocycles. The molecule has 0 aromatic heterocycles. The molecule has 1 atom stereocenters. The van der Waals surface area contributed by atoms with Gasteiger partial charge in [-0.05, 0) is 60.0 Å². The predicted octanol–water partition coefficient (Wildman–Crippen LogP) is 5.53. The molecule has 0 amide bonds. The molecule has 0 fully saturated rings.